The van der Waals surface area contributed by atoms with Crippen molar-refractivity contribution >= 4 is 5.69 Å². The molecule has 2 rings (SSSR count). The summed E-state index contributed by atoms with van der Waals surface area (Å²) >= 11 is 0. The highest BCUT2D eigenvalue weighted by Crippen LogP contribution is 2.25. The Labute approximate surface area is 111 Å². The molecule has 100 valence electrons. The van der Waals surface area contributed by atoms with Crippen LogP contribution in [0.2, 0.25) is 0 Å². The smallest absolute Gasteiger partial charge is 0.0398 e. The Morgan fingerprint density at radius 2 is 1.94 bits per heavy atom. The average molecular weight is 246 g/mol. The van der Waals surface area contributed by atoms with Gasteiger partial charge in [-0.25, -0.2) is 0 Å². The van der Waals surface area contributed by atoms with Gasteiger partial charge in [-0.05, 0) is 56.8 Å². The van der Waals surface area contributed by atoms with Gasteiger partial charge in [0.2, 0.25) is 0 Å². The maximum Gasteiger partial charge on any atom is 0.0398 e. The zero-order valence-corrected chi connectivity index (χ0v) is 12.0. The van der Waals surface area contributed by atoms with Crippen molar-refractivity contribution < 1.29 is 0 Å². The second-order valence-electron chi connectivity index (χ2n) is 5.43. The van der Waals surface area contributed by atoms with Crippen molar-refractivity contribution in [3.63, 3.8) is 0 Å². The van der Waals surface area contributed by atoms with E-state index in [1.54, 1.807) is 0 Å². The van der Waals surface area contributed by atoms with E-state index in [9.17, 15) is 0 Å². The number of rotatable bonds is 4. The molecule has 0 aliphatic carbocycles. The standard InChI is InChI=1S/C16H26N2/c1-4-10-17-15-8-11-18(12-9-15)16-7-5-6-13(2)14(16)3/h5-7,15,17H,4,8-12H2,1-3H3. The zero-order chi connectivity index (χ0) is 13.0. The molecule has 1 N–H and O–H groups in total. The number of hydrogen-bond acceptors (Lipinski definition) is 2. The minimum atomic E-state index is 0.728. The molecule has 0 radical (unpaired) electrons. The van der Waals surface area contributed by atoms with E-state index in [0.717, 1.165) is 12.6 Å². The van der Waals surface area contributed by atoms with E-state index >= 15 is 0 Å². The number of aryl methyl sites for hydroxylation is 1. The van der Waals surface area contributed by atoms with Gasteiger partial charge in [0.25, 0.3) is 0 Å². The maximum absolute atomic E-state index is 3.64. The lowest BCUT2D eigenvalue weighted by Gasteiger charge is -2.35. The van der Waals surface area contributed by atoms with E-state index in [-0.39, 0.29) is 0 Å². The maximum atomic E-state index is 3.64. The fourth-order valence-corrected chi connectivity index (χ4v) is 2.75. The Hall–Kier alpha value is -1.02. The third-order valence-corrected chi connectivity index (χ3v) is 4.09. The molecule has 1 saturated heterocycles. The molecule has 0 bridgehead atoms. The third-order valence-electron chi connectivity index (χ3n) is 4.09. The number of nitrogens with one attached hydrogen (secondary N) is 1. The quantitative estimate of drug-likeness (QED) is 0.877. The molecule has 1 aliphatic heterocycles. The molecule has 0 amide bonds. The summed E-state index contributed by atoms with van der Waals surface area (Å²) < 4.78 is 0. The van der Waals surface area contributed by atoms with Crippen LogP contribution in [0.3, 0.4) is 0 Å². The molecule has 0 atom stereocenters. The summed E-state index contributed by atoms with van der Waals surface area (Å²) in [5, 5.41) is 3.64. The summed E-state index contributed by atoms with van der Waals surface area (Å²) in [5.41, 5.74) is 4.28. The van der Waals surface area contributed by atoms with Gasteiger partial charge in [-0.1, -0.05) is 19.1 Å². The SMILES string of the molecule is CCCNC1CCN(c2cccc(C)c2C)CC1. The summed E-state index contributed by atoms with van der Waals surface area (Å²) in [6, 6.07) is 7.38. The van der Waals surface area contributed by atoms with Crippen LogP contribution < -0.4 is 10.2 Å². The molecule has 0 unspecified atom stereocenters. The molecule has 2 nitrogen and oxygen atoms in total. The number of hydrogen-bond donors (Lipinski definition) is 1. The summed E-state index contributed by atoms with van der Waals surface area (Å²) in [6.07, 6.45) is 3.78. The van der Waals surface area contributed by atoms with Crippen molar-refractivity contribution in [3.8, 4) is 0 Å². The summed E-state index contributed by atoms with van der Waals surface area (Å²) in [4.78, 5) is 2.55. The summed E-state index contributed by atoms with van der Waals surface area (Å²) in [7, 11) is 0. The van der Waals surface area contributed by atoms with Crippen LogP contribution in [0.1, 0.15) is 37.3 Å². The first-order chi connectivity index (χ1) is 8.72. The van der Waals surface area contributed by atoms with Gasteiger partial charge in [-0.3, -0.25) is 0 Å². The lowest BCUT2D eigenvalue weighted by Crippen LogP contribution is -2.43. The number of nitrogens with zero attached hydrogens (tertiary/aromatic N) is 1. The molecule has 1 fully saturated rings. The Morgan fingerprint density at radius 1 is 1.22 bits per heavy atom. The Morgan fingerprint density at radius 3 is 2.61 bits per heavy atom. The molecule has 0 aromatic heterocycles. The average Bonchev–Trinajstić information content (AvgIpc) is 2.40. The van der Waals surface area contributed by atoms with Crippen molar-refractivity contribution in [1.29, 1.82) is 0 Å². The van der Waals surface area contributed by atoms with Crippen LogP contribution in [-0.4, -0.2) is 25.7 Å². The highest BCUT2D eigenvalue weighted by Gasteiger charge is 2.19. The molecular weight excluding hydrogens is 220 g/mol. The lowest BCUT2D eigenvalue weighted by atomic mass is 10.0. The molecule has 1 aromatic carbocycles. The first-order valence-corrected chi connectivity index (χ1v) is 7.27. The fraction of sp³-hybridized carbons (Fsp3) is 0.625. The molecule has 0 spiro atoms. The largest absolute Gasteiger partial charge is 0.371 e. The second kappa shape index (κ2) is 6.24. The third kappa shape index (κ3) is 3.05. The number of anilines is 1. The first kappa shape index (κ1) is 13.4. The molecule has 1 aliphatic rings. The zero-order valence-electron chi connectivity index (χ0n) is 12.0. The van der Waals surface area contributed by atoms with E-state index in [0.29, 0.717) is 0 Å². The van der Waals surface area contributed by atoms with E-state index < -0.39 is 0 Å². The van der Waals surface area contributed by atoms with Crippen LogP contribution in [0.25, 0.3) is 0 Å². The number of piperidine rings is 1. The van der Waals surface area contributed by atoms with Crippen molar-refractivity contribution in [1.82, 2.24) is 5.32 Å². The van der Waals surface area contributed by atoms with Gasteiger partial charge in [-0.2, -0.15) is 0 Å². The second-order valence-corrected chi connectivity index (χ2v) is 5.43. The molecule has 18 heavy (non-hydrogen) atoms. The van der Waals surface area contributed by atoms with E-state index in [4.69, 9.17) is 0 Å². The predicted octanol–water partition coefficient (Wildman–Crippen LogP) is 3.27. The van der Waals surface area contributed by atoms with Crippen LogP contribution >= 0.6 is 0 Å². The van der Waals surface area contributed by atoms with Gasteiger partial charge in [0.05, 0.1) is 0 Å². The fourth-order valence-electron chi connectivity index (χ4n) is 2.75. The predicted molar refractivity (Wildman–Crippen MR) is 79.4 cm³/mol. The Bertz CT molecular complexity index is 379. The topological polar surface area (TPSA) is 15.3 Å². The Kier molecular flexibility index (Phi) is 4.65. The minimum absolute atomic E-state index is 0.728. The van der Waals surface area contributed by atoms with Gasteiger partial charge < -0.3 is 10.2 Å². The van der Waals surface area contributed by atoms with E-state index in [1.807, 2.05) is 0 Å². The minimum Gasteiger partial charge on any atom is -0.371 e. The van der Waals surface area contributed by atoms with E-state index in [2.05, 4.69) is 49.2 Å². The highest BCUT2D eigenvalue weighted by atomic mass is 15.1. The first-order valence-electron chi connectivity index (χ1n) is 7.27. The summed E-state index contributed by atoms with van der Waals surface area (Å²) in [5.74, 6) is 0. The van der Waals surface area contributed by atoms with Gasteiger partial charge in [-0.15, -0.1) is 0 Å². The summed E-state index contributed by atoms with van der Waals surface area (Å²) in [6.45, 7) is 10.2. The van der Waals surface area contributed by atoms with Crippen molar-refractivity contribution in [3.05, 3.63) is 29.3 Å². The molecule has 1 heterocycles. The van der Waals surface area contributed by atoms with Crippen LogP contribution in [0.15, 0.2) is 18.2 Å². The van der Waals surface area contributed by atoms with Gasteiger partial charge in [0.1, 0.15) is 0 Å². The van der Waals surface area contributed by atoms with E-state index in [1.165, 1.54) is 49.2 Å². The Balaban J connectivity index is 1.95. The van der Waals surface area contributed by atoms with Crippen molar-refractivity contribution in [2.24, 2.45) is 0 Å². The molecule has 2 heteroatoms. The monoisotopic (exact) mass is 246 g/mol. The van der Waals surface area contributed by atoms with Crippen LogP contribution in [0.5, 0.6) is 0 Å². The lowest BCUT2D eigenvalue weighted by molar-refractivity contribution is 0.415. The molecule has 1 aromatic rings. The molecular formula is C16H26N2. The van der Waals surface area contributed by atoms with Crippen LogP contribution in [-0.2, 0) is 0 Å². The van der Waals surface area contributed by atoms with Gasteiger partial charge >= 0.3 is 0 Å². The van der Waals surface area contributed by atoms with Gasteiger partial charge in [0, 0.05) is 24.8 Å². The van der Waals surface area contributed by atoms with Crippen LogP contribution in [0.4, 0.5) is 5.69 Å². The van der Waals surface area contributed by atoms with Gasteiger partial charge in [0.15, 0.2) is 0 Å². The van der Waals surface area contributed by atoms with Crippen molar-refractivity contribution in [2.75, 3.05) is 24.5 Å². The number of benzene rings is 1. The highest BCUT2D eigenvalue weighted by molar-refractivity contribution is 5.56. The van der Waals surface area contributed by atoms with Crippen LogP contribution in [0, 0.1) is 13.8 Å². The molecule has 0 saturated carbocycles. The normalized spacial score (nSPS) is 17.2. The van der Waals surface area contributed by atoms with Crippen molar-refractivity contribution in [2.45, 2.75) is 46.1 Å².